The molecule has 1 unspecified atom stereocenters. The minimum absolute atomic E-state index is 0.0614. The molecule has 1 atom stereocenters. The molecule has 0 saturated carbocycles. The van der Waals surface area contributed by atoms with Crippen molar-refractivity contribution >= 4 is 45.8 Å². The van der Waals surface area contributed by atoms with E-state index in [0.29, 0.717) is 36.1 Å². The van der Waals surface area contributed by atoms with Gasteiger partial charge in [0.2, 0.25) is 0 Å². The van der Waals surface area contributed by atoms with Crippen LogP contribution in [0.3, 0.4) is 0 Å². The van der Waals surface area contributed by atoms with E-state index >= 15 is 0 Å². The maximum atomic E-state index is 12.6. The molecule has 0 fully saturated rings. The van der Waals surface area contributed by atoms with Crippen LogP contribution in [0.1, 0.15) is 28.4 Å². The second-order valence-electron chi connectivity index (χ2n) is 6.29. The molecule has 130 valence electrons. The van der Waals surface area contributed by atoms with E-state index < -0.39 is 5.54 Å². The van der Waals surface area contributed by atoms with Gasteiger partial charge in [0, 0.05) is 20.6 Å². The van der Waals surface area contributed by atoms with Crippen molar-refractivity contribution in [3.05, 3.63) is 67.7 Å². The van der Waals surface area contributed by atoms with Gasteiger partial charge in [-0.25, -0.2) is 0 Å². The van der Waals surface area contributed by atoms with Crippen molar-refractivity contribution in [2.24, 2.45) is 10.7 Å². The van der Waals surface area contributed by atoms with Gasteiger partial charge in [-0.1, -0.05) is 35.9 Å². The number of nitrogens with zero attached hydrogens (tertiary/aromatic N) is 1. The fourth-order valence-corrected chi connectivity index (χ4v) is 4.07. The number of halogens is 2. The molecule has 0 aromatic heterocycles. The molecular formula is C19H18ClIN2O2. The van der Waals surface area contributed by atoms with Crippen LogP contribution in [-0.2, 0) is 16.7 Å². The van der Waals surface area contributed by atoms with E-state index in [-0.39, 0.29) is 5.78 Å². The lowest BCUT2D eigenvalue weighted by Gasteiger charge is -2.30. The molecule has 0 saturated heterocycles. The maximum absolute atomic E-state index is 12.6. The van der Waals surface area contributed by atoms with E-state index in [2.05, 4.69) is 27.6 Å². The number of Topliss-reactive ketones (excluding diaryl/α,β-unsaturated/α-hetero) is 1. The summed E-state index contributed by atoms with van der Waals surface area (Å²) in [5.41, 5.74) is 7.93. The molecule has 0 bridgehead atoms. The summed E-state index contributed by atoms with van der Waals surface area (Å²) in [6.07, 6.45) is 0.321. The van der Waals surface area contributed by atoms with Gasteiger partial charge in [-0.05, 0) is 58.8 Å². The van der Waals surface area contributed by atoms with E-state index in [9.17, 15) is 4.79 Å². The third-order valence-electron chi connectivity index (χ3n) is 4.17. The molecular weight excluding hydrogens is 451 g/mol. The van der Waals surface area contributed by atoms with Crippen molar-refractivity contribution in [2.75, 3.05) is 13.2 Å². The van der Waals surface area contributed by atoms with E-state index in [1.807, 2.05) is 31.2 Å². The highest BCUT2D eigenvalue weighted by molar-refractivity contribution is 14.1. The first-order chi connectivity index (χ1) is 11.9. The highest BCUT2D eigenvalue weighted by Gasteiger charge is 2.30. The van der Waals surface area contributed by atoms with Crippen LogP contribution in [0.4, 0.5) is 0 Å². The van der Waals surface area contributed by atoms with Crippen LogP contribution in [0.25, 0.3) is 0 Å². The molecule has 3 rings (SSSR count). The third kappa shape index (κ3) is 4.22. The number of hydrogen-bond donors (Lipinski definition) is 1. The lowest BCUT2D eigenvalue weighted by molar-refractivity contribution is 0.0991. The molecule has 2 N–H and O–H groups in total. The van der Waals surface area contributed by atoms with Crippen LogP contribution < -0.4 is 5.73 Å². The predicted molar refractivity (Wildman–Crippen MR) is 108 cm³/mol. The molecule has 1 heterocycles. The predicted octanol–water partition coefficient (Wildman–Crippen LogP) is 3.97. The summed E-state index contributed by atoms with van der Waals surface area (Å²) in [6, 6.07) is 13.2. The Morgan fingerprint density at radius 1 is 1.36 bits per heavy atom. The number of ether oxygens (including phenoxy) is 1. The first-order valence-electron chi connectivity index (χ1n) is 7.87. The number of carbonyl (C=O) groups excluding carboxylic acids is 1. The van der Waals surface area contributed by atoms with Crippen molar-refractivity contribution in [2.45, 2.75) is 18.9 Å². The van der Waals surface area contributed by atoms with Gasteiger partial charge in [-0.3, -0.25) is 9.79 Å². The molecule has 0 amide bonds. The average molecular weight is 469 g/mol. The Morgan fingerprint density at radius 2 is 2.16 bits per heavy atom. The summed E-state index contributed by atoms with van der Waals surface area (Å²) in [4.78, 5) is 17.2. The Kier molecular flexibility index (Phi) is 5.46. The van der Waals surface area contributed by atoms with Gasteiger partial charge in [0.05, 0.1) is 6.61 Å². The monoisotopic (exact) mass is 468 g/mol. The summed E-state index contributed by atoms with van der Waals surface area (Å²) in [6.45, 7) is 2.82. The van der Waals surface area contributed by atoms with Gasteiger partial charge in [-0.2, -0.15) is 0 Å². The van der Waals surface area contributed by atoms with Crippen molar-refractivity contribution < 1.29 is 9.53 Å². The highest BCUT2D eigenvalue weighted by Crippen LogP contribution is 2.29. The number of amidine groups is 1. The van der Waals surface area contributed by atoms with E-state index in [1.54, 1.807) is 18.2 Å². The van der Waals surface area contributed by atoms with Gasteiger partial charge in [-0.15, -0.1) is 0 Å². The quantitative estimate of drug-likeness (QED) is 0.545. The van der Waals surface area contributed by atoms with E-state index in [4.69, 9.17) is 22.1 Å². The van der Waals surface area contributed by atoms with Gasteiger partial charge in [0.1, 0.15) is 18.0 Å². The molecule has 0 aliphatic carbocycles. The molecule has 1 aliphatic heterocycles. The Morgan fingerprint density at radius 3 is 2.88 bits per heavy atom. The van der Waals surface area contributed by atoms with Crippen molar-refractivity contribution in [1.82, 2.24) is 0 Å². The molecule has 1 aliphatic rings. The number of rotatable bonds is 4. The second kappa shape index (κ2) is 7.43. The topological polar surface area (TPSA) is 64.7 Å². The number of nitrogens with two attached hydrogens (primary N) is 1. The van der Waals surface area contributed by atoms with E-state index in [0.717, 1.165) is 14.7 Å². The van der Waals surface area contributed by atoms with Crippen LogP contribution in [-0.4, -0.2) is 24.8 Å². The fourth-order valence-electron chi connectivity index (χ4n) is 2.90. The van der Waals surface area contributed by atoms with Crippen molar-refractivity contribution in [3.8, 4) is 0 Å². The highest BCUT2D eigenvalue weighted by atomic mass is 127. The number of benzene rings is 2. The number of hydrogen-bond acceptors (Lipinski definition) is 4. The van der Waals surface area contributed by atoms with Crippen molar-refractivity contribution in [1.29, 1.82) is 0 Å². The Hall–Kier alpha value is -1.44. The van der Waals surface area contributed by atoms with Gasteiger partial charge >= 0.3 is 0 Å². The molecule has 4 nitrogen and oxygen atoms in total. The summed E-state index contributed by atoms with van der Waals surface area (Å²) in [5, 5.41) is 0.628. The number of aliphatic imine (C=N–C) groups is 1. The van der Waals surface area contributed by atoms with Gasteiger partial charge < -0.3 is 10.5 Å². The van der Waals surface area contributed by atoms with Crippen LogP contribution in [0, 0.1) is 3.57 Å². The van der Waals surface area contributed by atoms with Gasteiger partial charge in [0.15, 0.2) is 5.78 Å². The zero-order chi connectivity index (χ0) is 18.0. The Labute approximate surface area is 165 Å². The van der Waals surface area contributed by atoms with Crippen molar-refractivity contribution in [3.63, 3.8) is 0 Å². The van der Waals surface area contributed by atoms with Crippen LogP contribution in [0.15, 0.2) is 47.5 Å². The SMILES string of the molecule is CC1(c2cccc(CC(=O)c3ccc(Cl)cc3I)c2)COCC(N)=N1. The minimum Gasteiger partial charge on any atom is -0.386 e. The van der Waals surface area contributed by atoms with E-state index in [1.165, 1.54) is 0 Å². The summed E-state index contributed by atoms with van der Waals surface area (Å²) >= 11 is 8.10. The molecule has 25 heavy (non-hydrogen) atoms. The number of ketones is 1. The largest absolute Gasteiger partial charge is 0.386 e. The van der Waals surface area contributed by atoms with Crippen LogP contribution >= 0.6 is 34.2 Å². The fraction of sp³-hybridized carbons (Fsp3) is 0.263. The number of carbonyl (C=O) groups is 1. The molecule has 6 heteroatoms. The lowest BCUT2D eigenvalue weighted by atomic mass is 9.90. The molecule has 0 radical (unpaired) electrons. The first kappa shape index (κ1) is 18.4. The standard InChI is InChI=1S/C19H18ClIN2O2/c1-19(11-25-10-18(22)23-19)13-4-2-3-12(7-13)8-17(24)15-6-5-14(20)9-16(15)21/h2-7,9H,8,10-11H2,1H3,(H2,22,23). The Balaban J connectivity index is 1.85. The zero-order valence-electron chi connectivity index (χ0n) is 13.8. The summed E-state index contributed by atoms with van der Waals surface area (Å²) < 4.78 is 6.39. The molecule has 0 spiro atoms. The normalized spacial score (nSPS) is 20.2. The molecule has 2 aromatic carbocycles. The molecule has 2 aromatic rings. The second-order valence-corrected chi connectivity index (χ2v) is 7.89. The van der Waals surface area contributed by atoms with Crippen LogP contribution in [0.2, 0.25) is 5.02 Å². The smallest absolute Gasteiger partial charge is 0.168 e. The third-order valence-corrected chi connectivity index (χ3v) is 5.30. The minimum atomic E-state index is -0.518. The van der Waals surface area contributed by atoms with Gasteiger partial charge in [0.25, 0.3) is 0 Å². The average Bonchev–Trinajstić information content (AvgIpc) is 2.54. The van der Waals surface area contributed by atoms with Crippen LogP contribution in [0.5, 0.6) is 0 Å². The summed E-state index contributed by atoms with van der Waals surface area (Å²) in [7, 11) is 0. The maximum Gasteiger partial charge on any atom is 0.168 e. The summed E-state index contributed by atoms with van der Waals surface area (Å²) in [5.74, 6) is 0.553. The Bertz CT molecular complexity index is 853. The lowest BCUT2D eigenvalue weighted by Crippen LogP contribution is -2.37. The zero-order valence-corrected chi connectivity index (χ0v) is 16.7. The first-order valence-corrected chi connectivity index (χ1v) is 9.33.